The molecule has 6 heteroatoms. The van der Waals surface area contributed by atoms with E-state index in [2.05, 4.69) is 5.32 Å². The van der Waals surface area contributed by atoms with Gasteiger partial charge < -0.3 is 19.7 Å². The molecule has 1 heterocycles. The fraction of sp³-hybridized carbons (Fsp3) is 0.391. The third kappa shape index (κ3) is 7.00. The molecule has 2 aromatic carbocycles. The van der Waals surface area contributed by atoms with Crippen molar-refractivity contribution in [3.05, 3.63) is 71.8 Å². The first kappa shape index (κ1) is 21.0. The Labute approximate surface area is 171 Å². The van der Waals surface area contributed by atoms with Crippen molar-refractivity contribution in [1.82, 2.24) is 10.2 Å². The summed E-state index contributed by atoms with van der Waals surface area (Å²) in [4.78, 5) is 26.4. The molecule has 0 saturated carbocycles. The molecule has 154 valence electrons. The number of amides is 1. The molecule has 0 bridgehead atoms. The number of hydrogen-bond donors (Lipinski definition) is 1. The smallest absolute Gasteiger partial charge is 0.410 e. The van der Waals surface area contributed by atoms with Crippen molar-refractivity contribution in [1.29, 1.82) is 0 Å². The Kier molecular flexibility index (Phi) is 8.22. The van der Waals surface area contributed by atoms with E-state index >= 15 is 0 Å². The summed E-state index contributed by atoms with van der Waals surface area (Å²) in [6, 6.07) is 19.2. The zero-order chi connectivity index (χ0) is 20.3. The summed E-state index contributed by atoms with van der Waals surface area (Å²) in [5.74, 6) is 0.105. The Hall–Kier alpha value is -2.70. The van der Waals surface area contributed by atoms with Gasteiger partial charge in [0.05, 0.1) is 12.6 Å². The van der Waals surface area contributed by atoms with E-state index in [1.54, 1.807) is 4.90 Å². The number of Topliss-reactive ketones (excluding diaryl/α,β-unsaturated/α-hetero) is 1. The normalized spacial score (nSPS) is 16.4. The number of rotatable bonds is 9. The first-order valence-electron chi connectivity index (χ1n) is 10.1. The van der Waals surface area contributed by atoms with Crippen molar-refractivity contribution in [2.45, 2.75) is 32.1 Å². The fourth-order valence-corrected chi connectivity index (χ4v) is 3.23. The predicted octanol–water partition coefficient (Wildman–Crippen LogP) is 3.16. The van der Waals surface area contributed by atoms with Gasteiger partial charge in [-0.15, -0.1) is 0 Å². The number of nitrogens with zero attached hydrogens (tertiary/aromatic N) is 1. The summed E-state index contributed by atoms with van der Waals surface area (Å²) < 4.78 is 11.0. The van der Waals surface area contributed by atoms with Gasteiger partial charge in [0.25, 0.3) is 0 Å². The standard InChI is InChI=1S/C23H28N2O4/c26-22(12-7-15-28-17-19-8-3-1-4-9-19)21-16-25(14-13-24-21)23(27)29-18-20-10-5-2-6-11-20/h1-6,8-11,21,24H,7,12-18H2/t21-/m1/s1. The van der Waals surface area contributed by atoms with E-state index in [-0.39, 0.29) is 24.5 Å². The molecule has 1 saturated heterocycles. The molecule has 0 radical (unpaired) electrons. The summed E-state index contributed by atoms with van der Waals surface area (Å²) in [6.45, 7) is 2.80. The Morgan fingerprint density at radius 3 is 2.31 bits per heavy atom. The van der Waals surface area contributed by atoms with Gasteiger partial charge >= 0.3 is 6.09 Å². The molecule has 29 heavy (non-hydrogen) atoms. The maximum absolute atomic E-state index is 12.5. The topological polar surface area (TPSA) is 67.9 Å². The van der Waals surface area contributed by atoms with Crippen molar-refractivity contribution in [3.63, 3.8) is 0 Å². The highest BCUT2D eigenvalue weighted by atomic mass is 16.6. The number of benzene rings is 2. The Bertz CT molecular complexity index is 767. The summed E-state index contributed by atoms with van der Waals surface area (Å²) in [6.07, 6.45) is 0.723. The van der Waals surface area contributed by atoms with Crippen LogP contribution in [0.5, 0.6) is 0 Å². The molecule has 1 N–H and O–H groups in total. The maximum atomic E-state index is 12.5. The van der Waals surface area contributed by atoms with Gasteiger partial charge in [-0.1, -0.05) is 60.7 Å². The molecule has 2 aromatic rings. The van der Waals surface area contributed by atoms with Crippen molar-refractivity contribution < 1.29 is 19.1 Å². The molecular formula is C23H28N2O4. The molecule has 1 amide bonds. The third-order valence-corrected chi connectivity index (χ3v) is 4.85. The van der Waals surface area contributed by atoms with E-state index in [1.165, 1.54) is 0 Å². The van der Waals surface area contributed by atoms with Crippen molar-refractivity contribution in [2.24, 2.45) is 0 Å². The number of ketones is 1. The Balaban J connectivity index is 1.34. The van der Waals surface area contributed by atoms with Crippen LogP contribution in [-0.4, -0.2) is 49.1 Å². The van der Waals surface area contributed by atoms with Gasteiger partial charge in [0.15, 0.2) is 5.78 Å². The molecule has 3 rings (SSSR count). The minimum absolute atomic E-state index is 0.105. The summed E-state index contributed by atoms with van der Waals surface area (Å²) in [5.41, 5.74) is 2.07. The highest BCUT2D eigenvalue weighted by Crippen LogP contribution is 2.09. The molecule has 0 aliphatic carbocycles. The average Bonchev–Trinajstić information content (AvgIpc) is 2.78. The van der Waals surface area contributed by atoms with E-state index in [1.807, 2.05) is 60.7 Å². The number of hydrogen-bond acceptors (Lipinski definition) is 5. The molecule has 1 aliphatic rings. The minimum Gasteiger partial charge on any atom is -0.445 e. The number of nitrogens with one attached hydrogen (secondary N) is 1. The van der Waals surface area contributed by atoms with Gasteiger partial charge in [0, 0.05) is 32.7 Å². The maximum Gasteiger partial charge on any atom is 0.410 e. The van der Waals surface area contributed by atoms with Gasteiger partial charge in [-0.3, -0.25) is 4.79 Å². The largest absolute Gasteiger partial charge is 0.445 e. The Morgan fingerprint density at radius 2 is 1.62 bits per heavy atom. The zero-order valence-electron chi connectivity index (χ0n) is 16.6. The van der Waals surface area contributed by atoms with E-state index < -0.39 is 0 Å². The van der Waals surface area contributed by atoms with Gasteiger partial charge in [0.2, 0.25) is 0 Å². The van der Waals surface area contributed by atoms with Crippen LogP contribution >= 0.6 is 0 Å². The van der Waals surface area contributed by atoms with E-state index in [0.29, 0.717) is 45.7 Å². The minimum atomic E-state index is -0.376. The zero-order valence-corrected chi connectivity index (χ0v) is 16.6. The lowest BCUT2D eigenvalue weighted by atomic mass is 10.1. The van der Waals surface area contributed by atoms with Crippen LogP contribution in [0, 0.1) is 0 Å². The van der Waals surface area contributed by atoms with Gasteiger partial charge in [-0.25, -0.2) is 4.79 Å². The predicted molar refractivity (Wildman–Crippen MR) is 110 cm³/mol. The molecule has 1 atom stereocenters. The second-order valence-corrected chi connectivity index (χ2v) is 7.10. The first-order valence-corrected chi connectivity index (χ1v) is 10.1. The van der Waals surface area contributed by atoms with Crippen LogP contribution in [0.2, 0.25) is 0 Å². The van der Waals surface area contributed by atoms with Crippen molar-refractivity contribution in [2.75, 3.05) is 26.2 Å². The van der Waals surface area contributed by atoms with Crippen molar-refractivity contribution in [3.8, 4) is 0 Å². The number of carbonyl (C=O) groups excluding carboxylic acids is 2. The molecule has 1 aliphatic heterocycles. The lowest BCUT2D eigenvalue weighted by molar-refractivity contribution is -0.122. The van der Waals surface area contributed by atoms with Gasteiger partial charge in [-0.05, 0) is 17.5 Å². The quantitative estimate of drug-likeness (QED) is 0.660. The second kappa shape index (κ2) is 11.3. The molecule has 1 fully saturated rings. The fourth-order valence-electron chi connectivity index (χ4n) is 3.23. The SMILES string of the molecule is O=C(CCCOCc1ccccc1)[C@H]1CN(C(=O)OCc2ccccc2)CCN1. The lowest BCUT2D eigenvalue weighted by Gasteiger charge is -2.32. The van der Waals surface area contributed by atoms with Crippen molar-refractivity contribution >= 4 is 11.9 Å². The van der Waals surface area contributed by atoms with E-state index in [4.69, 9.17) is 9.47 Å². The number of piperazine rings is 1. The molecule has 0 unspecified atom stereocenters. The summed E-state index contributed by atoms with van der Waals surface area (Å²) in [5, 5.41) is 3.20. The first-order chi connectivity index (χ1) is 14.2. The third-order valence-electron chi connectivity index (χ3n) is 4.85. The van der Waals surface area contributed by atoms with Crippen LogP contribution in [-0.2, 0) is 27.5 Å². The number of ether oxygens (including phenoxy) is 2. The second-order valence-electron chi connectivity index (χ2n) is 7.10. The number of carbonyl (C=O) groups is 2. The summed E-state index contributed by atoms with van der Waals surface area (Å²) in [7, 11) is 0. The monoisotopic (exact) mass is 396 g/mol. The van der Waals surface area contributed by atoms with Gasteiger partial charge in [-0.2, -0.15) is 0 Å². The average molecular weight is 396 g/mol. The highest BCUT2D eigenvalue weighted by molar-refractivity contribution is 5.85. The van der Waals surface area contributed by atoms with Crippen LogP contribution in [0.15, 0.2) is 60.7 Å². The van der Waals surface area contributed by atoms with E-state index in [0.717, 1.165) is 11.1 Å². The van der Waals surface area contributed by atoms with Crippen LogP contribution in [0.25, 0.3) is 0 Å². The van der Waals surface area contributed by atoms with Crippen LogP contribution < -0.4 is 5.32 Å². The molecular weight excluding hydrogens is 368 g/mol. The summed E-state index contributed by atoms with van der Waals surface area (Å²) >= 11 is 0. The molecule has 6 nitrogen and oxygen atoms in total. The van der Waals surface area contributed by atoms with E-state index in [9.17, 15) is 9.59 Å². The van der Waals surface area contributed by atoms with Crippen LogP contribution in [0.1, 0.15) is 24.0 Å². The van der Waals surface area contributed by atoms with Crippen LogP contribution in [0.3, 0.4) is 0 Å². The van der Waals surface area contributed by atoms with Gasteiger partial charge in [0.1, 0.15) is 6.61 Å². The lowest BCUT2D eigenvalue weighted by Crippen LogP contribution is -2.55. The van der Waals surface area contributed by atoms with Crippen LogP contribution in [0.4, 0.5) is 4.79 Å². The molecule has 0 aromatic heterocycles. The molecule has 0 spiro atoms. The highest BCUT2D eigenvalue weighted by Gasteiger charge is 2.28. The Morgan fingerprint density at radius 1 is 0.966 bits per heavy atom.